The fourth-order valence-electron chi connectivity index (χ4n) is 8.02. The number of hydrogen-bond acceptors (Lipinski definition) is 6. The minimum atomic E-state index is 0.630. The molecular weight excluding hydrogens is 689 g/mol. The van der Waals surface area contributed by atoms with Crippen LogP contribution in [0.15, 0.2) is 195 Å². The van der Waals surface area contributed by atoms with Crippen LogP contribution in [0.5, 0.6) is 23.0 Å². The Labute approximate surface area is 323 Å². The van der Waals surface area contributed by atoms with E-state index in [4.69, 9.17) is 9.47 Å². The Hall–Kier alpha value is -7.70. The largest absolute Gasteiger partial charge is 0.449 e. The van der Waals surface area contributed by atoms with E-state index >= 15 is 0 Å². The van der Waals surface area contributed by atoms with Crippen LogP contribution in [0, 0.1) is 0 Å². The number of pyridine rings is 2. The maximum Gasteiger partial charge on any atom is 0.172 e. The van der Waals surface area contributed by atoms with Crippen molar-refractivity contribution in [3.05, 3.63) is 195 Å². The van der Waals surface area contributed by atoms with Gasteiger partial charge in [-0.2, -0.15) is 0 Å². The molecule has 0 saturated heterocycles. The maximum absolute atomic E-state index is 6.70. The zero-order chi connectivity index (χ0) is 37.0. The van der Waals surface area contributed by atoms with Gasteiger partial charge in [0.2, 0.25) is 0 Å². The number of nitrogens with zero attached hydrogens (tertiary/aromatic N) is 4. The van der Waals surface area contributed by atoms with E-state index in [1.165, 1.54) is 0 Å². The van der Waals surface area contributed by atoms with Gasteiger partial charge in [0.1, 0.15) is 0 Å². The molecule has 1 aliphatic heterocycles. The molecule has 0 unspecified atom stereocenters. The van der Waals surface area contributed by atoms with Crippen LogP contribution in [0.3, 0.4) is 0 Å². The summed E-state index contributed by atoms with van der Waals surface area (Å²) in [5, 5.41) is 8.90. The predicted molar refractivity (Wildman–Crippen MR) is 228 cm³/mol. The molecule has 0 fully saturated rings. The summed E-state index contributed by atoms with van der Waals surface area (Å²) in [7, 11) is 0. The van der Waals surface area contributed by atoms with Gasteiger partial charge >= 0.3 is 0 Å². The van der Waals surface area contributed by atoms with Gasteiger partial charge in [0.05, 0.1) is 46.5 Å². The van der Waals surface area contributed by atoms with Crippen molar-refractivity contribution in [3.8, 4) is 23.0 Å². The minimum absolute atomic E-state index is 0.630. The SMILES string of the molecule is c1ccc2c(N(c3ccc4c(c3)Oc3ccc(N(c5cccc6ccccc56)c5cncc6ccccc56)cc3O4)c3cncc4ccccc34)cccc2c1. The summed E-state index contributed by atoms with van der Waals surface area (Å²) in [5.41, 5.74) is 5.87. The van der Waals surface area contributed by atoms with Crippen LogP contribution in [-0.4, -0.2) is 9.97 Å². The minimum Gasteiger partial charge on any atom is -0.449 e. The van der Waals surface area contributed by atoms with Gasteiger partial charge < -0.3 is 19.3 Å². The Balaban J connectivity index is 1.03. The Morgan fingerprint density at radius 3 is 1.12 bits per heavy atom. The molecule has 11 rings (SSSR count). The molecule has 8 aromatic carbocycles. The molecule has 264 valence electrons. The molecular formula is C50H32N4O2. The molecule has 0 bridgehead atoms. The first kappa shape index (κ1) is 31.8. The van der Waals surface area contributed by atoms with E-state index in [0.717, 1.165) is 77.2 Å². The number of fused-ring (bicyclic) bond motifs is 6. The van der Waals surface area contributed by atoms with Crippen molar-refractivity contribution in [1.82, 2.24) is 9.97 Å². The van der Waals surface area contributed by atoms with Crippen molar-refractivity contribution >= 4 is 77.2 Å². The predicted octanol–water partition coefficient (Wildman–Crippen LogP) is 13.9. The number of hydrogen-bond donors (Lipinski definition) is 0. The first-order valence-electron chi connectivity index (χ1n) is 18.6. The van der Waals surface area contributed by atoms with Crippen LogP contribution >= 0.6 is 0 Å². The van der Waals surface area contributed by atoms with Crippen LogP contribution in [0.2, 0.25) is 0 Å². The van der Waals surface area contributed by atoms with Gasteiger partial charge in [0.15, 0.2) is 23.0 Å². The lowest BCUT2D eigenvalue weighted by Gasteiger charge is -2.30. The molecule has 0 amide bonds. The van der Waals surface area contributed by atoms with Crippen LogP contribution < -0.4 is 19.3 Å². The van der Waals surface area contributed by atoms with E-state index in [1.54, 1.807) is 0 Å². The molecule has 0 atom stereocenters. The second kappa shape index (κ2) is 13.0. The average Bonchev–Trinajstić information content (AvgIpc) is 3.26. The summed E-state index contributed by atoms with van der Waals surface area (Å²) in [6.45, 7) is 0. The molecule has 0 saturated carbocycles. The highest BCUT2D eigenvalue weighted by molar-refractivity contribution is 6.06. The van der Waals surface area contributed by atoms with Crippen LogP contribution in [0.1, 0.15) is 0 Å². The van der Waals surface area contributed by atoms with E-state index in [1.807, 2.05) is 49.1 Å². The van der Waals surface area contributed by atoms with Gasteiger partial charge in [-0.1, -0.05) is 121 Å². The maximum atomic E-state index is 6.70. The molecule has 2 aromatic heterocycles. The van der Waals surface area contributed by atoms with Crippen molar-refractivity contribution in [3.63, 3.8) is 0 Å². The number of aromatic nitrogens is 2. The van der Waals surface area contributed by atoms with Crippen LogP contribution in [-0.2, 0) is 0 Å². The third kappa shape index (κ3) is 5.27. The standard InChI is InChI=1S/C50H32N4O2/c1-5-17-39-33(11-1)15-9-21-43(39)53(45-31-51-29-35-13-3-7-19-41(35)45)37-23-25-47-49(27-37)55-48-26-24-38(28-50(48)56-47)54(44-22-10-16-34-12-2-6-18-40(34)44)46-32-52-30-36-14-4-8-20-42(36)46/h1-32H. The van der Waals surface area contributed by atoms with Crippen molar-refractivity contribution < 1.29 is 9.47 Å². The van der Waals surface area contributed by atoms with Gasteiger partial charge in [-0.25, -0.2) is 0 Å². The summed E-state index contributed by atoms with van der Waals surface area (Å²) in [4.78, 5) is 13.9. The van der Waals surface area contributed by atoms with Gasteiger partial charge in [-0.05, 0) is 47.2 Å². The number of ether oxygens (including phenoxy) is 2. The van der Waals surface area contributed by atoms with Gasteiger partial charge in [0, 0.05) is 56.8 Å². The Morgan fingerprint density at radius 1 is 0.304 bits per heavy atom. The third-order valence-electron chi connectivity index (χ3n) is 10.6. The molecule has 1 aliphatic rings. The van der Waals surface area contributed by atoms with Gasteiger partial charge in [-0.15, -0.1) is 0 Å². The summed E-state index contributed by atoms with van der Waals surface area (Å²) < 4.78 is 13.4. The fourth-order valence-corrected chi connectivity index (χ4v) is 8.02. The normalized spacial score (nSPS) is 11.9. The highest BCUT2D eigenvalue weighted by Gasteiger charge is 2.26. The fraction of sp³-hybridized carbons (Fsp3) is 0. The van der Waals surface area contributed by atoms with Gasteiger partial charge in [-0.3, -0.25) is 9.97 Å². The Bertz CT molecular complexity index is 2750. The molecule has 6 heteroatoms. The van der Waals surface area contributed by atoms with Crippen LogP contribution in [0.25, 0.3) is 43.1 Å². The quantitative estimate of drug-likeness (QED) is 0.170. The number of benzene rings is 8. The molecule has 6 nitrogen and oxygen atoms in total. The molecule has 0 N–H and O–H groups in total. The third-order valence-corrected chi connectivity index (χ3v) is 10.6. The summed E-state index contributed by atoms with van der Waals surface area (Å²) in [6.07, 6.45) is 7.69. The first-order valence-corrected chi connectivity index (χ1v) is 18.6. The number of rotatable bonds is 6. The molecule has 56 heavy (non-hydrogen) atoms. The average molecular weight is 721 g/mol. The second-order valence-electron chi connectivity index (χ2n) is 13.9. The van der Waals surface area contributed by atoms with Crippen molar-refractivity contribution in [2.45, 2.75) is 0 Å². The van der Waals surface area contributed by atoms with E-state index in [-0.39, 0.29) is 0 Å². The monoisotopic (exact) mass is 720 g/mol. The molecule has 10 aromatic rings. The number of anilines is 6. The summed E-state index contributed by atoms with van der Waals surface area (Å²) in [5.74, 6) is 2.53. The highest BCUT2D eigenvalue weighted by atomic mass is 16.6. The van der Waals surface area contributed by atoms with E-state index in [0.29, 0.717) is 23.0 Å². The van der Waals surface area contributed by atoms with E-state index < -0.39 is 0 Å². The van der Waals surface area contributed by atoms with E-state index in [9.17, 15) is 0 Å². The zero-order valence-electron chi connectivity index (χ0n) is 30.1. The Morgan fingerprint density at radius 2 is 0.679 bits per heavy atom. The van der Waals surface area contributed by atoms with Crippen molar-refractivity contribution in [2.75, 3.05) is 9.80 Å². The lowest BCUT2D eigenvalue weighted by molar-refractivity contribution is 0.360. The second-order valence-corrected chi connectivity index (χ2v) is 13.9. The first-order chi connectivity index (χ1) is 27.8. The van der Waals surface area contributed by atoms with Crippen molar-refractivity contribution in [1.29, 1.82) is 0 Å². The molecule has 0 spiro atoms. The smallest absolute Gasteiger partial charge is 0.172 e. The van der Waals surface area contributed by atoms with Crippen molar-refractivity contribution in [2.24, 2.45) is 0 Å². The molecule has 0 radical (unpaired) electrons. The molecule has 3 heterocycles. The van der Waals surface area contributed by atoms with Crippen LogP contribution in [0.4, 0.5) is 34.1 Å². The highest BCUT2D eigenvalue weighted by Crippen LogP contribution is 2.52. The molecule has 0 aliphatic carbocycles. The topological polar surface area (TPSA) is 50.7 Å². The zero-order valence-corrected chi connectivity index (χ0v) is 30.1. The summed E-state index contributed by atoms with van der Waals surface area (Å²) >= 11 is 0. The van der Waals surface area contributed by atoms with Gasteiger partial charge in [0.25, 0.3) is 0 Å². The lowest BCUT2D eigenvalue weighted by Crippen LogP contribution is -2.13. The summed E-state index contributed by atoms with van der Waals surface area (Å²) in [6, 6.07) is 58.7. The lowest BCUT2D eigenvalue weighted by atomic mass is 10.0. The Kier molecular flexibility index (Phi) is 7.38. The van der Waals surface area contributed by atoms with E-state index in [2.05, 4.69) is 165 Å².